The van der Waals surface area contributed by atoms with E-state index in [-0.39, 0.29) is 29.6 Å². The first-order chi connectivity index (χ1) is 10.4. The Labute approximate surface area is 134 Å². The van der Waals surface area contributed by atoms with Crippen molar-refractivity contribution in [1.29, 1.82) is 0 Å². The van der Waals surface area contributed by atoms with E-state index in [0.717, 1.165) is 19.3 Å². The summed E-state index contributed by atoms with van der Waals surface area (Å²) in [7, 11) is -3.52. The molecule has 0 aromatic carbocycles. The van der Waals surface area contributed by atoms with Crippen LogP contribution >= 0.6 is 0 Å². The third-order valence-electron chi connectivity index (χ3n) is 4.89. The van der Waals surface area contributed by atoms with E-state index in [4.69, 9.17) is 4.74 Å². The average Bonchev–Trinajstić information content (AvgIpc) is 2.98. The Balaban J connectivity index is 1.88. The maximum Gasteiger partial charge on any atom is 0.239 e. The molecule has 6 heteroatoms. The van der Waals surface area contributed by atoms with Crippen LogP contribution in [0.25, 0.3) is 0 Å². The van der Waals surface area contributed by atoms with Crippen molar-refractivity contribution in [3.05, 3.63) is 0 Å². The van der Waals surface area contributed by atoms with Gasteiger partial charge in [0.25, 0.3) is 0 Å². The number of carbonyl (C=O) groups excluding carboxylic acids is 1. The molecular formula is C16H29NO4S. The van der Waals surface area contributed by atoms with Crippen molar-refractivity contribution >= 4 is 15.9 Å². The predicted molar refractivity (Wildman–Crippen MR) is 85.8 cm³/mol. The van der Waals surface area contributed by atoms with Gasteiger partial charge in [0, 0.05) is 6.61 Å². The highest BCUT2D eigenvalue weighted by molar-refractivity contribution is 7.90. The molecule has 2 rings (SSSR count). The zero-order valence-corrected chi connectivity index (χ0v) is 14.5. The van der Waals surface area contributed by atoms with Gasteiger partial charge in [0.1, 0.15) is 0 Å². The monoisotopic (exact) mass is 331 g/mol. The lowest BCUT2D eigenvalue weighted by Gasteiger charge is -2.33. The SMILES string of the molecule is CC(C)[C@@H]1OCCC[C@@H]1C(=O)NS(=O)(=O)CCC1CCCC1. The van der Waals surface area contributed by atoms with Gasteiger partial charge in [0.05, 0.1) is 17.8 Å². The third-order valence-corrected chi connectivity index (χ3v) is 6.17. The normalized spacial score (nSPS) is 27.2. The van der Waals surface area contributed by atoms with Gasteiger partial charge >= 0.3 is 0 Å². The fourth-order valence-electron chi connectivity index (χ4n) is 3.64. The van der Waals surface area contributed by atoms with E-state index in [1.807, 2.05) is 13.8 Å². The minimum absolute atomic E-state index is 0.0589. The second-order valence-corrected chi connectivity index (χ2v) is 8.89. The molecule has 22 heavy (non-hydrogen) atoms. The number of nitrogens with one attached hydrogen (secondary N) is 1. The molecule has 1 amide bonds. The molecule has 0 bridgehead atoms. The van der Waals surface area contributed by atoms with Gasteiger partial charge in [-0.1, -0.05) is 39.5 Å². The van der Waals surface area contributed by atoms with Gasteiger partial charge in [-0.05, 0) is 31.1 Å². The van der Waals surface area contributed by atoms with Crippen molar-refractivity contribution in [3.63, 3.8) is 0 Å². The number of hydrogen-bond acceptors (Lipinski definition) is 4. The lowest BCUT2D eigenvalue weighted by molar-refractivity contribution is -0.135. The van der Waals surface area contributed by atoms with Crippen LogP contribution in [0.3, 0.4) is 0 Å². The van der Waals surface area contributed by atoms with Crippen LogP contribution in [-0.2, 0) is 19.6 Å². The van der Waals surface area contributed by atoms with Gasteiger partial charge < -0.3 is 4.74 Å². The molecule has 0 aromatic heterocycles. The van der Waals surface area contributed by atoms with Crippen LogP contribution in [0.2, 0.25) is 0 Å². The van der Waals surface area contributed by atoms with Gasteiger partial charge in [0.2, 0.25) is 15.9 Å². The van der Waals surface area contributed by atoms with E-state index < -0.39 is 10.0 Å². The third kappa shape index (κ3) is 4.95. The summed E-state index contributed by atoms with van der Waals surface area (Å²) in [5, 5.41) is 0. The Bertz CT molecular complexity index is 469. The lowest BCUT2D eigenvalue weighted by Crippen LogP contribution is -2.46. The molecule has 2 aliphatic rings. The number of sulfonamides is 1. The number of rotatable bonds is 6. The maximum absolute atomic E-state index is 12.4. The second-order valence-electron chi connectivity index (χ2n) is 7.05. The smallest absolute Gasteiger partial charge is 0.239 e. The second kappa shape index (κ2) is 7.77. The van der Waals surface area contributed by atoms with Crippen molar-refractivity contribution in [2.24, 2.45) is 17.8 Å². The molecule has 1 N–H and O–H groups in total. The fraction of sp³-hybridized carbons (Fsp3) is 0.938. The molecule has 5 nitrogen and oxygen atoms in total. The van der Waals surface area contributed by atoms with Crippen LogP contribution in [0.4, 0.5) is 0 Å². The van der Waals surface area contributed by atoms with Crippen LogP contribution in [-0.4, -0.2) is 32.8 Å². The zero-order valence-electron chi connectivity index (χ0n) is 13.7. The quantitative estimate of drug-likeness (QED) is 0.811. The van der Waals surface area contributed by atoms with Crippen LogP contribution in [0, 0.1) is 17.8 Å². The summed E-state index contributed by atoms with van der Waals surface area (Å²) in [5.41, 5.74) is 0. The number of carbonyl (C=O) groups is 1. The summed E-state index contributed by atoms with van der Waals surface area (Å²) in [5.74, 6) is 0.0359. The Morgan fingerprint density at radius 3 is 2.50 bits per heavy atom. The van der Waals surface area contributed by atoms with Gasteiger partial charge in [0.15, 0.2) is 0 Å². The van der Waals surface area contributed by atoms with Gasteiger partial charge in [-0.25, -0.2) is 8.42 Å². The Hall–Kier alpha value is -0.620. The van der Waals surface area contributed by atoms with Crippen LogP contribution in [0.1, 0.15) is 58.8 Å². The van der Waals surface area contributed by atoms with Gasteiger partial charge in [-0.15, -0.1) is 0 Å². The first-order valence-corrected chi connectivity index (χ1v) is 10.2. The molecule has 0 aromatic rings. The largest absolute Gasteiger partial charge is 0.377 e. The highest BCUT2D eigenvalue weighted by atomic mass is 32.2. The lowest BCUT2D eigenvalue weighted by atomic mass is 9.87. The zero-order chi connectivity index (χ0) is 16.2. The molecule has 128 valence electrons. The minimum atomic E-state index is -3.52. The topological polar surface area (TPSA) is 72.5 Å². The average molecular weight is 331 g/mol. The molecule has 0 radical (unpaired) electrons. The molecule has 1 aliphatic heterocycles. The molecule has 2 fully saturated rings. The summed E-state index contributed by atoms with van der Waals surface area (Å²) in [6.45, 7) is 4.66. The summed E-state index contributed by atoms with van der Waals surface area (Å²) >= 11 is 0. The number of ether oxygens (including phenoxy) is 1. The van der Waals surface area contributed by atoms with Crippen molar-refractivity contribution in [2.45, 2.75) is 64.9 Å². The van der Waals surface area contributed by atoms with Crippen LogP contribution < -0.4 is 4.72 Å². The van der Waals surface area contributed by atoms with E-state index in [1.54, 1.807) is 0 Å². The molecule has 1 aliphatic carbocycles. The summed E-state index contributed by atoms with van der Waals surface area (Å²) in [4.78, 5) is 12.4. The van der Waals surface area contributed by atoms with Gasteiger partial charge in [-0.3, -0.25) is 9.52 Å². The first-order valence-electron chi connectivity index (χ1n) is 8.55. The number of hydrogen-bond donors (Lipinski definition) is 1. The highest BCUT2D eigenvalue weighted by Gasteiger charge is 2.35. The number of amides is 1. The summed E-state index contributed by atoms with van der Waals surface area (Å²) in [6, 6.07) is 0. The predicted octanol–water partition coefficient (Wildman–Crippen LogP) is 2.46. The first kappa shape index (κ1) is 17.7. The molecule has 0 unspecified atom stereocenters. The van der Waals surface area contributed by atoms with Crippen molar-refractivity contribution < 1.29 is 17.9 Å². The summed E-state index contributed by atoms with van der Waals surface area (Å²) < 4.78 is 32.2. The van der Waals surface area contributed by atoms with Gasteiger partial charge in [-0.2, -0.15) is 0 Å². The van der Waals surface area contributed by atoms with Crippen molar-refractivity contribution in [1.82, 2.24) is 4.72 Å². The molecular weight excluding hydrogens is 302 g/mol. The van der Waals surface area contributed by atoms with Crippen LogP contribution in [0.15, 0.2) is 0 Å². The Morgan fingerprint density at radius 2 is 1.86 bits per heavy atom. The van der Waals surface area contributed by atoms with E-state index in [0.29, 0.717) is 25.4 Å². The molecule has 0 spiro atoms. The van der Waals surface area contributed by atoms with E-state index >= 15 is 0 Å². The summed E-state index contributed by atoms with van der Waals surface area (Å²) in [6.07, 6.45) is 6.64. The van der Waals surface area contributed by atoms with Crippen molar-refractivity contribution in [3.8, 4) is 0 Å². The minimum Gasteiger partial charge on any atom is -0.377 e. The van der Waals surface area contributed by atoms with Crippen molar-refractivity contribution in [2.75, 3.05) is 12.4 Å². The molecule has 1 saturated heterocycles. The molecule has 1 saturated carbocycles. The molecule has 1 heterocycles. The Morgan fingerprint density at radius 1 is 1.18 bits per heavy atom. The van der Waals surface area contributed by atoms with E-state index in [9.17, 15) is 13.2 Å². The highest BCUT2D eigenvalue weighted by Crippen LogP contribution is 2.28. The standard InChI is InChI=1S/C16H29NO4S/c1-12(2)15-14(8-5-10-21-15)16(18)17-22(19,20)11-9-13-6-3-4-7-13/h12-15H,3-11H2,1-2H3,(H,17,18)/t14-,15-/m0/s1. The van der Waals surface area contributed by atoms with Crippen LogP contribution in [0.5, 0.6) is 0 Å². The fourth-order valence-corrected chi connectivity index (χ4v) is 4.84. The van der Waals surface area contributed by atoms with E-state index in [2.05, 4.69) is 4.72 Å². The Kier molecular flexibility index (Phi) is 6.26. The van der Waals surface area contributed by atoms with E-state index in [1.165, 1.54) is 12.8 Å². The molecule has 2 atom stereocenters. The maximum atomic E-state index is 12.4.